The van der Waals surface area contributed by atoms with Gasteiger partial charge in [0.05, 0.1) is 6.10 Å². The minimum Gasteiger partial charge on any atom is -0.360 e. The van der Waals surface area contributed by atoms with Gasteiger partial charge in [-0.05, 0) is 23.4 Å². The van der Waals surface area contributed by atoms with Crippen molar-refractivity contribution in [2.24, 2.45) is 0 Å². The number of carbonyl (C=O) groups is 1. The van der Waals surface area contributed by atoms with E-state index in [1.165, 1.54) is 12.0 Å². The van der Waals surface area contributed by atoms with Crippen molar-refractivity contribution >= 4 is 15.7 Å². The Bertz CT molecular complexity index is 589. The second-order valence-electron chi connectivity index (χ2n) is 8.66. The first-order valence-corrected chi connectivity index (χ1v) is 11.0. The van der Waals surface area contributed by atoms with Gasteiger partial charge < -0.3 is 9.62 Å². The van der Waals surface area contributed by atoms with E-state index in [1.54, 1.807) is 0 Å². The Labute approximate surface area is 158 Å². The van der Waals surface area contributed by atoms with E-state index in [2.05, 4.69) is 49.9 Å². The van der Waals surface area contributed by atoms with E-state index in [9.17, 15) is 4.79 Å². The van der Waals surface area contributed by atoms with Gasteiger partial charge >= 0.3 is 5.97 Å². The third-order valence-electron chi connectivity index (χ3n) is 5.00. The van der Waals surface area contributed by atoms with E-state index in [0.717, 1.165) is 25.8 Å². The molecule has 26 heavy (non-hydrogen) atoms. The van der Waals surface area contributed by atoms with E-state index in [0.29, 0.717) is 12.6 Å². The summed E-state index contributed by atoms with van der Waals surface area (Å²) in [5.74, 6) is -0.385. The molecule has 1 heterocycles. The number of ether oxygens (including phenoxy) is 1. The van der Waals surface area contributed by atoms with E-state index in [-0.39, 0.29) is 17.1 Å². The molecule has 3 atom stereocenters. The minimum atomic E-state index is -0.923. The van der Waals surface area contributed by atoms with Crippen molar-refractivity contribution < 1.29 is 19.0 Å². The highest BCUT2D eigenvalue weighted by Gasteiger charge is 2.41. The van der Waals surface area contributed by atoms with Gasteiger partial charge in [-0.25, -0.2) is 9.37 Å². The molecule has 2 fully saturated rings. The molecule has 0 bridgehead atoms. The second-order valence-corrected chi connectivity index (χ2v) is 11.3. The molecule has 1 aliphatic carbocycles. The van der Waals surface area contributed by atoms with Gasteiger partial charge in [0.25, 0.3) is 0 Å². The van der Waals surface area contributed by atoms with Crippen LogP contribution in [0.4, 0.5) is 0 Å². The molecule has 144 valence electrons. The molecule has 1 saturated heterocycles. The molecule has 1 aliphatic heterocycles. The number of carbonyl (C=O) groups excluding carboxylic acids is 1. The summed E-state index contributed by atoms with van der Waals surface area (Å²) in [7, 11) is -0.923. The van der Waals surface area contributed by atoms with Crippen LogP contribution in [0.25, 0.3) is 0 Å². The van der Waals surface area contributed by atoms with E-state index in [4.69, 9.17) is 14.2 Å². The zero-order valence-electron chi connectivity index (χ0n) is 16.1. The third-order valence-corrected chi connectivity index (χ3v) is 6.10. The Morgan fingerprint density at radius 3 is 2.69 bits per heavy atom. The van der Waals surface area contributed by atoms with Gasteiger partial charge in [0, 0.05) is 19.1 Å². The number of hydrogen-bond donors (Lipinski definition) is 0. The predicted octanol–water partition coefficient (Wildman–Crippen LogP) is 2.98. The fourth-order valence-electron chi connectivity index (χ4n) is 3.70. The lowest BCUT2D eigenvalue weighted by Gasteiger charge is -2.46. The first-order valence-electron chi connectivity index (χ1n) is 9.69. The molecule has 0 aromatic heterocycles. The number of benzene rings is 1. The largest absolute Gasteiger partial charge is 0.370 e. The number of hydrogen-bond acceptors (Lipinski definition) is 5. The van der Waals surface area contributed by atoms with Crippen LogP contribution in [0.3, 0.4) is 0 Å². The molecule has 2 aliphatic rings. The van der Waals surface area contributed by atoms with Crippen LogP contribution in [0.15, 0.2) is 30.3 Å². The maximum absolute atomic E-state index is 12.5. The quantitative estimate of drug-likeness (QED) is 0.448. The van der Waals surface area contributed by atoms with E-state index in [1.807, 2.05) is 6.07 Å². The lowest BCUT2D eigenvalue weighted by molar-refractivity contribution is -0.239. The van der Waals surface area contributed by atoms with Crippen molar-refractivity contribution in [3.63, 3.8) is 0 Å². The number of morpholine rings is 1. The smallest absolute Gasteiger partial charge is 0.360 e. The molecule has 6 heteroatoms. The average molecular weight is 378 g/mol. The maximum atomic E-state index is 12.5. The Balaban J connectivity index is 1.63. The summed E-state index contributed by atoms with van der Waals surface area (Å²) in [6.45, 7) is 7.69. The number of fused-ring (bicyclic) bond motifs is 1. The van der Waals surface area contributed by atoms with Gasteiger partial charge in [-0.2, -0.15) is 0 Å². The van der Waals surface area contributed by atoms with Crippen molar-refractivity contribution in [3.8, 4) is 0 Å². The van der Waals surface area contributed by atoms with Gasteiger partial charge in [-0.3, -0.25) is 4.90 Å². The lowest BCUT2D eigenvalue weighted by Crippen LogP contribution is -2.57. The van der Waals surface area contributed by atoms with Crippen LogP contribution in [0.5, 0.6) is 0 Å². The molecule has 5 nitrogen and oxygen atoms in total. The standard InChI is InChI=1S/C20H31NO4Si/c1-20(2,3)26-25-24-19(22)18-14-21(13-15-9-5-4-6-10-15)16-11-7-8-12-17(16)23-18/h4-6,9-10,16-18H,7-8,11-14,26H2,1-3H3. The molecule has 0 radical (unpaired) electrons. The van der Waals surface area contributed by atoms with Crippen molar-refractivity contribution in [1.29, 1.82) is 0 Å². The molecule has 1 aromatic rings. The van der Waals surface area contributed by atoms with Crippen LogP contribution >= 0.6 is 0 Å². The summed E-state index contributed by atoms with van der Waals surface area (Å²) in [6.07, 6.45) is 4.08. The zero-order valence-corrected chi connectivity index (χ0v) is 17.6. The highest BCUT2D eigenvalue weighted by Crippen LogP contribution is 2.32. The fraction of sp³-hybridized carbons (Fsp3) is 0.650. The average Bonchev–Trinajstić information content (AvgIpc) is 2.61. The summed E-state index contributed by atoms with van der Waals surface area (Å²) in [5, 5.41) is 0.0848. The van der Waals surface area contributed by atoms with Crippen LogP contribution < -0.4 is 0 Å². The molecular weight excluding hydrogens is 346 g/mol. The molecule has 1 aromatic carbocycles. The van der Waals surface area contributed by atoms with Gasteiger partial charge in [-0.15, -0.1) is 0 Å². The summed E-state index contributed by atoms with van der Waals surface area (Å²) in [4.78, 5) is 20.0. The highest BCUT2D eigenvalue weighted by molar-refractivity contribution is 6.31. The Morgan fingerprint density at radius 1 is 1.23 bits per heavy atom. The van der Waals surface area contributed by atoms with Crippen LogP contribution in [0, 0.1) is 0 Å². The Kier molecular flexibility index (Phi) is 6.50. The lowest BCUT2D eigenvalue weighted by atomic mass is 9.89. The van der Waals surface area contributed by atoms with E-state index >= 15 is 0 Å². The van der Waals surface area contributed by atoms with Crippen molar-refractivity contribution in [2.75, 3.05) is 6.54 Å². The van der Waals surface area contributed by atoms with Crippen LogP contribution in [-0.4, -0.2) is 45.4 Å². The molecule has 3 rings (SSSR count). The van der Waals surface area contributed by atoms with Gasteiger partial charge in [0.2, 0.25) is 9.76 Å². The molecule has 0 N–H and O–H groups in total. The fourth-order valence-corrected chi connectivity index (χ4v) is 4.23. The molecule has 0 amide bonds. The van der Waals surface area contributed by atoms with Gasteiger partial charge in [0.15, 0.2) is 6.10 Å². The SMILES string of the molecule is CC(C)(C)[SiH2]OOC(=O)C1CN(Cc2ccccc2)C2CCCCC2O1. The summed E-state index contributed by atoms with van der Waals surface area (Å²) in [6, 6.07) is 10.8. The Morgan fingerprint density at radius 2 is 1.96 bits per heavy atom. The van der Waals surface area contributed by atoms with Crippen molar-refractivity contribution in [3.05, 3.63) is 35.9 Å². The number of rotatable bonds is 5. The molecular formula is C20H31NO4Si. The third kappa shape index (κ3) is 5.39. The molecule has 3 unspecified atom stereocenters. The van der Waals surface area contributed by atoms with Crippen LogP contribution in [0.1, 0.15) is 52.0 Å². The predicted molar refractivity (Wildman–Crippen MR) is 103 cm³/mol. The normalized spacial score (nSPS) is 27.4. The summed E-state index contributed by atoms with van der Waals surface area (Å²) in [5.41, 5.74) is 1.27. The first-order chi connectivity index (χ1) is 12.4. The summed E-state index contributed by atoms with van der Waals surface area (Å²) >= 11 is 0. The maximum Gasteiger partial charge on any atom is 0.370 e. The summed E-state index contributed by atoms with van der Waals surface area (Å²) < 4.78 is 11.4. The molecule has 0 spiro atoms. The van der Waals surface area contributed by atoms with Crippen LogP contribution in [-0.2, 0) is 25.5 Å². The van der Waals surface area contributed by atoms with Crippen molar-refractivity contribution in [2.45, 2.75) is 76.3 Å². The topological polar surface area (TPSA) is 48.0 Å². The van der Waals surface area contributed by atoms with Gasteiger partial charge in [0.1, 0.15) is 0 Å². The second kappa shape index (κ2) is 8.65. The molecule has 1 saturated carbocycles. The minimum absolute atomic E-state index is 0.0848. The van der Waals surface area contributed by atoms with E-state index < -0.39 is 15.9 Å². The highest BCUT2D eigenvalue weighted by atomic mass is 28.2. The first kappa shape index (κ1) is 19.5. The van der Waals surface area contributed by atoms with Gasteiger partial charge in [-0.1, -0.05) is 63.9 Å². The van der Waals surface area contributed by atoms with Crippen LogP contribution in [0.2, 0.25) is 5.04 Å². The Hall–Kier alpha value is -1.21. The zero-order chi connectivity index (χ0) is 18.6. The number of nitrogens with zero attached hydrogens (tertiary/aromatic N) is 1. The monoisotopic (exact) mass is 377 g/mol. The van der Waals surface area contributed by atoms with Crippen molar-refractivity contribution in [1.82, 2.24) is 4.90 Å².